The smallest absolute Gasteiger partial charge is 0.255 e. The third-order valence-electron chi connectivity index (χ3n) is 2.64. The fraction of sp³-hybridized carbons (Fsp3) is 0.231. The number of phenolic OH excluding ortho intramolecular Hbond substituents is 1. The van der Waals surface area contributed by atoms with Gasteiger partial charge in [-0.15, -0.1) is 0 Å². The average Bonchev–Trinajstić information content (AvgIpc) is 2.87. The number of imidazole rings is 1. The first-order valence-electron chi connectivity index (χ1n) is 5.89. The van der Waals surface area contributed by atoms with Crippen molar-refractivity contribution >= 4 is 21.8 Å². The number of carbonyl (C=O) groups excluding carboxylic acids is 1. The molecule has 100 valence electrons. The lowest BCUT2D eigenvalue weighted by molar-refractivity contribution is 0.0950. The number of phenols is 1. The summed E-state index contributed by atoms with van der Waals surface area (Å²) in [4.78, 5) is 15.8. The van der Waals surface area contributed by atoms with Crippen LogP contribution in [0.1, 0.15) is 16.8 Å². The molecule has 0 fully saturated rings. The monoisotopic (exact) mass is 323 g/mol. The molecule has 0 radical (unpaired) electrons. The van der Waals surface area contributed by atoms with E-state index in [2.05, 4.69) is 26.2 Å². The molecule has 0 aliphatic heterocycles. The molecule has 0 saturated carbocycles. The quantitative estimate of drug-likeness (QED) is 0.829. The third kappa shape index (κ3) is 3.82. The number of benzene rings is 1. The summed E-state index contributed by atoms with van der Waals surface area (Å²) in [5, 5.41) is 12.4. The molecule has 2 aromatic rings. The lowest BCUT2D eigenvalue weighted by Gasteiger charge is -2.07. The largest absolute Gasteiger partial charge is 0.507 e. The Labute approximate surface area is 119 Å². The van der Waals surface area contributed by atoms with Gasteiger partial charge in [-0.2, -0.15) is 0 Å². The van der Waals surface area contributed by atoms with Gasteiger partial charge in [0.25, 0.3) is 5.91 Å². The van der Waals surface area contributed by atoms with Gasteiger partial charge in [-0.25, -0.2) is 4.98 Å². The van der Waals surface area contributed by atoms with Crippen LogP contribution in [0.5, 0.6) is 5.75 Å². The van der Waals surface area contributed by atoms with Crippen LogP contribution in [0.2, 0.25) is 0 Å². The van der Waals surface area contributed by atoms with Crippen LogP contribution in [-0.2, 0) is 6.54 Å². The van der Waals surface area contributed by atoms with Crippen molar-refractivity contribution in [2.45, 2.75) is 13.0 Å². The minimum atomic E-state index is -0.268. The van der Waals surface area contributed by atoms with Gasteiger partial charge in [-0.05, 0) is 24.6 Å². The van der Waals surface area contributed by atoms with Crippen molar-refractivity contribution < 1.29 is 9.90 Å². The molecule has 1 heterocycles. The molecule has 1 aromatic carbocycles. The number of aromatic nitrogens is 2. The van der Waals surface area contributed by atoms with Crippen LogP contribution in [0.15, 0.2) is 41.4 Å². The SMILES string of the molecule is O=C(NCCCn1ccnc1)c1ccc(Br)cc1O. The molecule has 0 atom stereocenters. The molecule has 2 N–H and O–H groups in total. The Hall–Kier alpha value is -1.82. The second kappa shape index (κ2) is 6.38. The van der Waals surface area contributed by atoms with Crippen molar-refractivity contribution in [3.8, 4) is 5.75 Å². The van der Waals surface area contributed by atoms with E-state index in [1.165, 1.54) is 6.07 Å². The number of halogens is 1. The molecule has 0 aliphatic rings. The number of nitrogens with zero attached hydrogens (tertiary/aromatic N) is 2. The van der Waals surface area contributed by atoms with Crippen LogP contribution < -0.4 is 5.32 Å². The van der Waals surface area contributed by atoms with Gasteiger partial charge < -0.3 is 15.0 Å². The van der Waals surface area contributed by atoms with E-state index < -0.39 is 0 Å². The summed E-state index contributed by atoms with van der Waals surface area (Å²) in [5.41, 5.74) is 0.283. The third-order valence-corrected chi connectivity index (χ3v) is 3.14. The van der Waals surface area contributed by atoms with Crippen LogP contribution in [0, 0.1) is 0 Å². The van der Waals surface area contributed by atoms with Crippen LogP contribution in [0.25, 0.3) is 0 Å². The number of carbonyl (C=O) groups is 1. The Morgan fingerprint density at radius 1 is 1.47 bits per heavy atom. The highest BCUT2D eigenvalue weighted by Gasteiger charge is 2.10. The molecule has 1 aromatic heterocycles. The molecule has 1 amide bonds. The Kier molecular flexibility index (Phi) is 4.57. The van der Waals surface area contributed by atoms with E-state index in [1.54, 1.807) is 24.7 Å². The van der Waals surface area contributed by atoms with Gasteiger partial charge in [0.15, 0.2) is 0 Å². The molecule has 0 spiro atoms. The van der Waals surface area contributed by atoms with Crippen LogP contribution in [-0.4, -0.2) is 27.1 Å². The number of rotatable bonds is 5. The van der Waals surface area contributed by atoms with Gasteiger partial charge in [0.05, 0.1) is 11.9 Å². The Bertz CT molecular complexity index is 555. The van der Waals surface area contributed by atoms with E-state index in [4.69, 9.17) is 0 Å². The highest BCUT2D eigenvalue weighted by Crippen LogP contribution is 2.21. The zero-order valence-electron chi connectivity index (χ0n) is 10.2. The van der Waals surface area contributed by atoms with E-state index in [0.29, 0.717) is 6.54 Å². The maximum Gasteiger partial charge on any atom is 0.255 e. The predicted octanol–water partition coefficient (Wildman–Crippen LogP) is 2.17. The van der Waals surface area contributed by atoms with Crippen molar-refractivity contribution in [1.82, 2.24) is 14.9 Å². The van der Waals surface area contributed by atoms with Crippen molar-refractivity contribution in [2.75, 3.05) is 6.54 Å². The summed E-state index contributed by atoms with van der Waals surface area (Å²) in [5.74, 6) is -0.294. The fourth-order valence-electron chi connectivity index (χ4n) is 1.67. The summed E-state index contributed by atoms with van der Waals surface area (Å²) in [6, 6.07) is 4.81. The van der Waals surface area contributed by atoms with E-state index in [1.807, 2.05) is 10.8 Å². The van der Waals surface area contributed by atoms with Gasteiger partial charge in [0.1, 0.15) is 5.75 Å². The van der Waals surface area contributed by atoms with Crippen LogP contribution in [0.4, 0.5) is 0 Å². The van der Waals surface area contributed by atoms with Gasteiger partial charge in [0.2, 0.25) is 0 Å². The van der Waals surface area contributed by atoms with Gasteiger partial charge in [-0.3, -0.25) is 4.79 Å². The highest BCUT2D eigenvalue weighted by atomic mass is 79.9. The van der Waals surface area contributed by atoms with E-state index in [9.17, 15) is 9.90 Å². The molecule has 6 heteroatoms. The molecule has 0 aliphatic carbocycles. The Morgan fingerprint density at radius 2 is 2.32 bits per heavy atom. The summed E-state index contributed by atoms with van der Waals surface area (Å²) < 4.78 is 2.69. The molecular formula is C13H14BrN3O2. The lowest BCUT2D eigenvalue weighted by Crippen LogP contribution is -2.25. The number of hydrogen-bond acceptors (Lipinski definition) is 3. The zero-order valence-corrected chi connectivity index (χ0v) is 11.8. The van der Waals surface area contributed by atoms with Crippen molar-refractivity contribution in [3.63, 3.8) is 0 Å². The fourth-order valence-corrected chi connectivity index (χ4v) is 2.02. The Balaban J connectivity index is 1.81. The van der Waals surface area contributed by atoms with Crippen molar-refractivity contribution in [1.29, 1.82) is 0 Å². The maximum atomic E-state index is 11.8. The molecule has 19 heavy (non-hydrogen) atoms. The first-order valence-corrected chi connectivity index (χ1v) is 6.68. The van der Waals surface area contributed by atoms with Gasteiger partial charge >= 0.3 is 0 Å². The molecule has 5 nitrogen and oxygen atoms in total. The summed E-state index contributed by atoms with van der Waals surface area (Å²) in [6.45, 7) is 1.35. The summed E-state index contributed by atoms with van der Waals surface area (Å²) >= 11 is 3.23. The van der Waals surface area contributed by atoms with E-state index in [0.717, 1.165) is 17.4 Å². The average molecular weight is 324 g/mol. The highest BCUT2D eigenvalue weighted by molar-refractivity contribution is 9.10. The Morgan fingerprint density at radius 3 is 3.00 bits per heavy atom. The number of hydrogen-bond donors (Lipinski definition) is 2. The number of amides is 1. The molecule has 0 bridgehead atoms. The van der Waals surface area contributed by atoms with Gasteiger partial charge in [0, 0.05) is 30.0 Å². The minimum Gasteiger partial charge on any atom is -0.507 e. The van der Waals surface area contributed by atoms with E-state index >= 15 is 0 Å². The lowest BCUT2D eigenvalue weighted by atomic mass is 10.2. The molecule has 0 unspecified atom stereocenters. The van der Waals surface area contributed by atoms with E-state index in [-0.39, 0.29) is 17.2 Å². The number of aryl methyl sites for hydroxylation is 1. The zero-order chi connectivity index (χ0) is 13.7. The first-order chi connectivity index (χ1) is 9.16. The standard InChI is InChI=1S/C13H14BrN3O2/c14-10-2-3-11(12(18)8-10)13(19)16-4-1-6-17-7-5-15-9-17/h2-3,5,7-9,18H,1,4,6H2,(H,16,19). The summed E-state index contributed by atoms with van der Waals surface area (Å²) in [7, 11) is 0. The van der Waals surface area contributed by atoms with Crippen LogP contribution >= 0.6 is 15.9 Å². The normalized spacial score (nSPS) is 10.4. The van der Waals surface area contributed by atoms with Crippen molar-refractivity contribution in [3.05, 3.63) is 47.0 Å². The number of aromatic hydroxyl groups is 1. The molecule has 2 rings (SSSR count). The number of nitrogens with one attached hydrogen (secondary N) is 1. The second-order valence-corrected chi connectivity index (χ2v) is 4.99. The summed E-state index contributed by atoms with van der Waals surface area (Å²) in [6.07, 6.45) is 6.14. The second-order valence-electron chi connectivity index (χ2n) is 4.07. The van der Waals surface area contributed by atoms with Crippen LogP contribution in [0.3, 0.4) is 0 Å². The van der Waals surface area contributed by atoms with Gasteiger partial charge in [-0.1, -0.05) is 15.9 Å². The topological polar surface area (TPSA) is 67.2 Å². The predicted molar refractivity (Wildman–Crippen MR) is 75.0 cm³/mol. The molecular weight excluding hydrogens is 310 g/mol. The van der Waals surface area contributed by atoms with Crippen molar-refractivity contribution in [2.24, 2.45) is 0 Å². The first kappa shape index (κ1) is 13.6. The minimum absolute atomic E-state index is 0.0264. The molecule has 0 saturated heterocycles. The maximum absolute atomic E-state index is 11.8.